The Kier molecular flexibility index (Phi) is 2.54. The molecule has 4 atom stereocenters. The summed E-state index contributed by atoms with van der Waals surface area (Å²) in [6.45, 7) is -0.296. The maximum Gasteiger partial charge on any atom is 0.129 e. The lowest BCUT2D eigenvalue weighted by molar-refractivity contribution is -0.00794. The number of hydrogen-bond donors (Lipinski definition) is 4. The number of aliphatic hydroxyl groups is 3. The van der Waals surface area contributed by atoms with E-state index in [2.05, 4.69) is 12.6 Å². The zero-order valence-corrected chi connectivity index (χ0v) is 6.11. The van der Waals surface area contributed by atoms with Gasteiger partial charge in [0, 0.05) is 0 Å². The number of rotatable bonds is 1. The van der Waals surface area contributed by atoms with Gasteiger partial charge in [0.2, 0.25) is 0 Å². The summed E-state index contributed by atoms with van der Waals surface area (Å²) in [5.74, 6) is 0. The Balaban J connectivity index is 2.53. The van der Waals surface area contributed by atoms with E-state index in [4.69, 9.17) is 20.1 Å². The molecule has 0 aromatic heterocycles. The lowest BCUT2D eigenvalue weighted by Crippen LogP contribution is -2.32. The van der Waals surface area contributed by atoms with Crippen LogP contribution in [0.5, 0.6) is 0 Å². The van der Waals surface area contributed by atoms with Gasteiger partial charge in [0.1, 0.15) is 23.7 Å². The Hall–Kier alpha value is 0.190. The first-order chi connectivity index (χ1) is 4.66. The van der Waals surface area contributed by atoms with Crippen molar-refractivity contribution in [2.75, 3.05) is 6.61 Å². The minimum absolute atomic E-state index is 0.296. The first-order valence-corrected chi connectivity index (χ1v) is 3.49. The van der Waals surface area contributed by atoms with E-state index in [0.29, 0.717) is 0 Å². The fourth-order valence-electron chi connectivity index (χ4n) is 0.880. The molecule has 0 amide bonds. The van der Waals surface area contributed by atoms with Crippen LogP contribution in [0.15, 0.2) is 0 Å². The highest BCUT2D eigenvalue weighted by Crippen LogP contribution is 2.22. The summed E-state index contributed by atoms with van der Waals surface area (Å²) in [7, 11) is 0. The van der Waals surface area contributed by atoms with Crippen LogP contribution in [-0.2, 0) is 4.74 Å². The molecular weight excluding hydrogens is 156 g/mol. The summed E-state index contributed by atoms with van der Waals surface area (Å²) >= 11 is 3.82. The van der Waals surface area contributed by atoms with Gasteiger partial charge in [0.25, 0.3) is 0 Å². The third kappa shape index (κ3) is 1.28. The Labute approximate surface area is 63.8 Å². The maximum atomic E-state index is 9.04. The first-order valence-electron chi connectivity index (χ1n) is 2.97. The fourth-order valence-corrected chi connectivity index (χ4v) is 1.21. The molecule has 0 bridgehead atoms. The normalized spacial score (nSPS) is 48.0. The van der Waals surface area contributed by atoms with E-state index in [-0.39, 0.29) is 6.61 Å². The van der Waals surface area contributed by atoms with Gasteiger partial charge in [-0.2, -0.15) is 0 Å². The van der Waals surface area contributed by atoms with Crippen molar-refractivity contribution in [3.63, 3.8) is 0 Å². The largest absolute Gasteiger partial charge is 0.394 e. The lowest BCUT2D eigenvalue weighted by Gasteiger charge is -2.09. The van der Waals surface area contributed by atoms with Crippen LogP contribution in [0.2, 0.25) is 0 Å². The van der Waals surface area contributed by atoms with Crippen LogP contribution in [0.3, 0.4) is 0 Å². The molecule has 0 aliphatic carbocycles. The van der Waals surface area contributed by atoms with Gasteiger partial charge in [-0.15, -0.1) is 12.6 Å². The molecule has 4 nitrogen and oxygen atoms in total. The molecule has 0 radical (unpaired) electrons. The summed E-state index contributed by atoms with van der Waals surface area (Å²) in [4.78, 5) is 0. The Bertz CT molecular complexity index is 120. The van der Waals surface area contributed by atoms with Crippen LogP contribution < -0.4 is 0 Å². The molecular formula is C5H10O4S. The molecule has 60 valence electrons. The van der Waals surface area contributed by atoms with E-state index in [0.717, 1.165) is 0 Å². The van der Waals surface area contributed by atoms with E-state index in [1.165, 1.54) is 0 Å². The van der Waals surface area contributed by atoms with Crippen LogP contribution in [0, 0.1) is 0 Å². The van der Waals surface area contributed by atoms with Crippen LogP contribution in [0.4, 0.5) is 0 Å². The first kappa shape index (κ1) is 8.29. The second-order valence-electron chi connectivity index (χ2n) is 2.23. The van der Waals surface area contributed by atoms with Crippen molar-refractivity contribution in [1.82, 2.24) is 0 Å². The SMILES string of the molecule is OC[C@H]1O[C@@H](S)[C@H](O)[C@H]1O. The molecule has 0 saturated carbocycles. The van der Waals surface area contributed by atoms with E-state index >= 15 is 0 Å². The summed E-state index contributed by atoms with van der Waals surface area (Å²) in [5, 5.41) is 26.6. The van der Waals surface area contributed by atoms with Gasteiger partial charge in [-0.25, -0.2) is 0 Å². The van der Waals surface area contributed by atoms with Crippen molar-refractivity contribution in [3.05, 3.63) is 0 Å². The predicted octanol–water partition coefficient (Wildman–Crippen LogP) is -1.64. The third-order valence-electron chi connectivity index (χ3n) is 1.52. The molecule has 1 aliphatic heterocycles. The molecule has 3 N–H and O–H groups in total. The highest BCUT2D eigenvalue weighted by Gasteiger charge is 2.40. The second kappa shape index (κ2) is 3.06. The van der Waals surface area contributed by atoms with Crippen LogP contribution in [0.25, 0.3) is 0 Å². The Morgan fingerprint density at radius 2 is 1.90 bits per heavy atom. The van der Waals surface area contributed by atoms with Crippen molar-refractivity contribution in [2.24, 2.45) is 0 Å². The smallest absolute Gasteiger partial charge is 0.129 e. The monoisotopic (exact) mass is 166 g/mol. The molecule has 0 aromatic rings. The standard InChI is InChI=1S/C5H10O4S/c6-1-2-3(7)4(8)5(10)9-2/h2-8,10H,1H2/t2-,3+,4-,5+/m1/s1. The molecule has 1 fully saturated rings. The molecule has 1 heterocycles. The summed E-state index contributed by atoms with van der Waals surface area (Å²) in [6, 6.07) is 0. The minimum atomic E-state index is -1.02. The molecule has 0 aromatic carbocycles. The van der Waals surface area contributed by atoms with Gasteiger partial charge in [0.15, 0.2) is 0 Å². The number of thiol groups is 1. The summed E-state index contributed by atoms with van der Waals surface area (Å²) < 4.78 is 4.85. The summed E-state index contributed by atoms with van der Waals surface area (Å²) in [6.07, 6.45) is -2.72. The average Bonchev–Trinajstić information content (AvgIpc) is 2.17. The van der Waals surface area contributed by atoms with E-state index in [1.54, 1.807) is 0 Å². The van der Waals surface area contributed by atoms with Gasteiger partial charge in [-0.05, 0) is 0 Å². The Morgan fingerprint density at radius 1 is 1.30 bits per heavy atom. The maximum absolute atomic E-state index is 9.04. The van der Waals surface area contributed by atoms with Crippen LogP contribution >= 0.6 is 12.6 Å². The van der Waals surface area contributed by atoms with Crippen molar-refractivity contribution < 1.29 is 20.1 Å². The minimum Gasteiger partial charge on any atom is -0.394 e. The van der Waals surface area contributed by atoms with Gasteiger partial charge in [0.05, 0.1) is 6.61 Å². The predicted molar refractivity (Wildman–Crippen MR) is 36.7 cm³/mol. The lowest BCUT2D eigenvalue weighted by atomic mass is 10.2. The number of ether oxygens (including phenoxy) is 1. The van der Waals surface area contributed by atoms with E-state index in [1.807, 2.05) is 0 Å². The molecule has 0 unspecified atom stereocenters. The molecule has 1 aliphatic rings. The van der Waals surface area contributed by atoms with Crippen molar-refractivity contribution in [1.29, 1.82) is 0 Å². The van der Waals surface area contributed by atoms with Crippen molar-refractivity contribution in [3.8, 4) is 0 Å². The van der Waals surface area contributed by atoms with Gasteiger partial charge < -0.3 is 20.1 Å². The average molecular weight is 166 g/mol. The van der Waals surface area contributed by atoms with Gasteiger partial charge >= 0.3 is 0 Å². The fraction of sp³-hybridized carbons (Fsp3) is 1.00. The highest BCUT2D eigenvalue weighted by molar-refractivity contribution is 7.80. The third-order valence-corrected chi connectivity index (χ3v) is 1.94. The molecule has 1 rings (SSSR count). The zero-order valence-electron chi connectivity index (χ0n) is 5.21. The van der Waals surface area contributed by atoms with Crippen LogP contribution in [-0.4, -0.2) is 45.7 Å². The molecule has 0 spiro atoms. The number of hydrogen-bond acceptors (Lipinski definition) is 5. The Morgan fingerprint density at radius 3 is 2.10 bits per heavy atom. The topological polar surface area (TPSA) is 69.9 Å². The van der Waals surface area contributed by atoms with Gasteiger partial charge in [-0.1, -0.05) is 0 Å². The van der Waals surface area contributed by atoms with Crippen LogP contribution in [0.1, 0.15) is 0 Å². The molecule has 10 heavy (non-hydrogen) atoms. The zero-order chi connectivity index (χ0) is 7.72. The molecule has 5 heteroatoms. The van der Waals surface area contributed by atoms with Crippen molar-refractivity contribution in [2.45, 2.75) is 23.7 Å². The second-order valence-corrected chi connectivity index (χ2v) is 2.74. The van der Waals surface area contributed by atoms with E-state index in [9.17, 15) is 0 Å². The number of aliphatic hydroxyl groups excluding tert-OH is 3. The quantitative estimate of drug-likeness (QED) is 0.352. The van der Waals surface area contributed by atoms with Crippen molar-refractivity contribution >= 4 is 12.6 Å². The summed E-state index contributed by atoms with van der Waals surface area (Å²) in [5.41, 5.74) is -0.688. The highest BCUT2D eigenvalue weighted by atomic mass is 32.1. The molecule has 1 saturated heterocycles. The van der Waals surface area contributed by atoms with E-state index < -0.39 is 23.7 Å². The van der Waals surface area contributed by atoms with Gasteiger partial charge in [-0.3, -0.25) is 0 Å².